The monoisotopic (exact) mass is 297 g/mol. The highest BCUT2D eigenvalue weighted by molar-refractivity contribution is 9.09. The summed E-state index contributed by atoms with van der Waals surface area (Å²) in [6, 6.07) is 1.64. The van der Waals surface area contributed by atoms with Crippen LogP contribution in [0.5, 0.6) is 0 Å². The summed E-state index contributed by atoms with van der Waals surface area (Å²) in [7, 11) is 0. The van der Waals surface area contributed by atoms with Gasteiger partial charge in [0.1, 0.15) is 6.54 Å². The molecular weight excluding hydrogens is 287 g/mol. The zero-order valence-electron chi connectivity index (χ0n) is 8.63. The second-order valence-corrected chi connectivity index (χ2v) is 4.02. The fraction of sp³-hybridized carbons (Fsp3) is 0.556. The van der Waals surface area contributed by atoms with Crippen molar-refractivity contribution in [3.05, 3.63) is 18.0 Å². The predicted octanol–water partition coefficient (Wildman–Crippen LogP) is 2.55. The molecule has 0 atom stereocenters. The van der Waals surface area contributed by atoms with E-state index in [1.54, 1.807) is 13.0 Å². The molecule has 3 nitrogen and oxygen atoms in total. The zero-order valence-corrected chi connectivity index (χ0v) is 10.2. The van der Waals surface area contributed by atoms with E-state index in [4.69, 9.17) is 0 Å². The van der Waals surface area contributed by atoms with Crippen LogP contribution < -0.4 is 4.90 Å². The first-order chi connectivity index (χ1) is 7.42. The van der Waals surface area contributed by atoms with E-state index < -0.39 is 12.7 Å². The Hall–Kier alpha value is -0.850. The van der Waals surface area contributed by atoms with Crippen LogP contribution in [0, 0.1) is 6.92 Å². The molecule has 1 rings (SSSR count). The first-order valence-electron chi connectivity index (χ1n) is 4.59. The molecule has 90 valence electrons. The van der Waals surface area contributed by atoms with Gasteiger partial charge in [0.15, 0.2) is 0 Å². The molecule has 0 saturated carbocycles. The molecule has 0 spiro atoms. The van der Waals surface area contributed by atoms with Gasteiger partial charge in [-0.25, -0.2) is 9.97 Å². The lowest BCUT2D eigenvalue weighted by molar-refractivity contribution is -0.119. The summed E-state index contributed by atoms with van der Waals surface area (Å²) in [6.07, 6.45) is -2.80. The van der Waals surface area contributed by atoms with E-state index >= 15 is 0 Å². The van der Waals surface area contributed by atoms with Gasteiger partial charge >= 0.3 is 6.18 Å². The number of hydrogen-bond acceptors (Lipinski definition) is 3. The van der Waals surface area contributed by atoms with E-state index in [0.717, 1.165) is 4.90 Å². The van der Waals surface area contributed by atoms with Crippen LogP contribution in [0.15, 0.2) is 12.3 Å². The third-order valence-electron chi connectivity index (χ3n) is 1.79. The van der Waals surface area contributed by atoms with Crippen molar-refractivity contribution in [1.29, 1.82) is 0 Å². The predicted molar refractivity (Wildman–Crippen MR) is 58.8 cm³/mol. The largest absolute Gasteiger partial charge is 0.406 e. The van der Waals surface area contributed by atoms with Crippen molar-refractivity contribution in [3.63, 3.8) is 0 Å². The van der Waals surface area contributed by atoms with E-state index in [2.05, 4.69) is 25.9 Å². The maximum Gasteiger partial charge on any atom is 0.406 e. The van der Waals surface area contributed by atoms with Gasteiger partial charge in [0.05, 0.1) is 0 Å². The first-order valence-corrected chi connectivity index (χ1v) is 5.72. The van der Waals surface area contributed by atoms with Crippen LogP contribution in [0.25, 0.3) is 0 Å². The zero-order chi connectivity index (χ0) is 12.2. The minimum Gasteiger partial charge on any atom is -0.331 e. The normalized spacial score (nSPS) is 11.6. The number of halogens is 4. The van der Waals surface area contributed by atoms with Crippen LogP contribution in [-0.4, -0.2) is 34.6 Å². The molecule has 16 heavy (non-hydrogen) atoms. The number of alkyl halides is 4. The molecule has 1 aromatic rings. The van der Waals surface area contributed by atoms with Crippen LogP contribution in [0.4, 0.5) is 19.1 Å². The Kier molecular flexibility index (Phi) is 4.52. The number of aryl methyl sites for hydroxylation is 1. The number of anilines is 1. The average molecular weight is 298 g/mol. The van der Waals surface area contributed by atoms with Crippen molar-refractivity contribution in [3.8, 4) is 0 Å². The molecule has 0 aliphatic heterocycles. The lowest BCUT2D eigenvalue weighted by Gasteiger charge is -2.22. The quantitative estimate of drug-likeness (QED) is 0.800. The van der Waals surface area contributed by atoms with Gasteiger partial charge in [0.25, 0.3) is 0 Å². The van der Waals surface area contributed by atoms with Gasteiger partial charge in [-0.2, -0.15) is 13.2 Å². The molecule has 0 saturated heterocycles. The molecule has 1 aromatic heterocycles. The van der Waals surface area contributed by atoms with E-state index in [-0.39, 0.29) is 12.5 Å². The number of aromatic nitrogens is 2. The standard InChI is InChI=1S/C9H11BrF3N3/c1-7-2-4-14-8(15-7)16(5-3-10)6-9(11,12)13/h2,4H,3,5-6H2,1H3. The minimum absolute atomic E-state index is 0.108. The van der Waals surface area contributed by atoms with Gasteiger partial charge in [-0.15, -0.1) is 0 Å². The smallest absolute Gasteiger partial charge is 0.331 e. The van der Waals surface area contributed by atoms with Gasteiger partial charge < -0.3 is 4.90 Å². The summed E-state index contributed by atoms with van der Waals surface area (Å²) in [6.45, 7) is 0.885. The van der Waals surface area contributed by atoms with Crippen molar-refractivity contribution in [2.45, 2.75) is 13.1 Å². The van der Waals surface area contributed by atoms with Gasteiger partial charge in [-0.05, 0) is 13.0 Å². The molecule has 0 N–H and O–H groups in total. The number of nitrogens with zero attached hydrogens (tertiary/aromatic N) is 3. The third-order valence-corrected chi connectivity index (χ3v) is 2.14. The van der Waals surface area contributed by atoms with Crippen LogP contribution in [-0.2, 0) is 0 Å². The Morgan fingerprint density at radius 3 is 2.62 bits per heavy atom. The fourth-order valence-corrected chi connectivity index (χ4v) is 1.58. The van der Waals surface area contributed by atoms with E-state index in [9.17, 15) is 13.2 Å². The summed E-state index contributed by atoms with van der Waals surface area (Å²) < 4.78 is 36.9. The molecule has 0 unspecified atom stereocenters. The van der Waals surface area contributed by atoms with Gasteiger partial charge in [-0.3, -0.25) is 0 Å². The van der Waals surface area contributed by atoms with Crippen LogP contribution in [0.3, 0.4) is 0 Å². The van der Waals surface area contributed by atoms with Gasteiger partial charge in [0, 0.05) is 23.8 Å². The Labute approximate surface area is 99.8 Å². The lowest BCUT2D eigenvalue weighted by atomic mass is 10.4. The number of hydrogen-bond donors (Lipinski definition) is 0. The Balaban J connectivity index is 2.85. The summed E-state index contributed by atoms with van der Waals surface area (Å²) in [5.74, 6) is 0.108. The van der Waals surface area contributed by atoms with Crippen LogP contribution >= 0.6 is 15.9 Å². The molecule has 0 aromatic carbocycles. The molecule has 0 aliphatic carbocycles. The lowest BCUT2D eigenvalue weighted by Crippen LogP contribution is -2.36. The van der Waals surface area contributed by atoms with Gasteiger partial charge in [0.2, 0.25) is 5.95 Å². The Bertz CT molecular complexity index is 343. The third kappa shape index (κ3) is 4.34. The Morgan fingerprint density at radius 2 is 2.12 bits per heavy atom. The maximum absolute atomic E-state index is 12.3. The molecule has 7 heteroatoms. The van der Waals surface area contributed by atoms with Gasteiger partial charge in [-0.1, -0.05) is 15.9 Å². The molecule has 0 aliphatic rings. The van der Waals surface area contributed by atoms with E-state index in [0.29, 0.717) is 11.0 Å². The van der Waals surface area contributed by atoms with Crippen LogP contribution in [0.1, 0.15) is 5.69 Å². The van der Waals surface area contributed by atoms with E-state index in [1.807, 2.05) is 0 Å². The second-order valence-electron chi connectivity index (χ2n) is 3.22. The highest BCUT2D eigenvalue weighted by Gasteiger charge is 2.31. The van der Waals surface area contributed by atoms with Crippen LogP contribution in [0.2, 0.25) is 0 Å². The summed E-state index contributed by atoms with van der Waals surface area (Å²) in [5.41, 5.74) is 0.645. The molecule has 0 amide bonds. The minimum atomic E-state index is -4.25. The van der Waals surface area contributed by atoms with Crippen molar-refractivity contribution in [1.82, 2.24) is 9.97 Å². The van der Waals surface area contributed by atoms with E-state index in [1.165, 1.54) is 6.20 Å². The fourth-order valence-electron chi connectivity index (χ4n) is 1.16. The topological polar surface area (TPSA) is 29.0 Å². The van der Waals surface area contributed by atoms with Crippen molar-refractivity contribution >= 4 is 21.9 Å². The molecule has 0 bridgehead atoms. The highest BCUT2D eigenvalue weighted by atomic mass is 79.9. The Morgan fingerprint density at radius 1 is 1.44 bits per heavy atom. The summed E-state index contributed by atoms with van der Waals surface area (Å²) in [5, 5.41) is 0.431. The van der Waals surface area contributed by atoms with Crippen molar-refractivity contribution in [2.24, 2.45) is 0 Å². The maximum atomic E-state index is 12.3. The second kappa shape index (κ2) is 5.47. The van der Waals surface area contributed by atoms with Crippen molar-refractivity contribution < 1.29 is 13.2 Å². The number of rotatable bonds is 4. The summed E-state index contributed by atoms with van der Waals surface area (Å²) in [4.78, 5) is 8.91. The molecular formula is C9H11BrF3N3. The van der Waals surface area contributed by atoms with Crippen molar-refractivity contribution in [2.75, 3.05) is 23.3 Å². The molecule has 1 heterocycles. The SMILES string of the molecule is Cc1ccnc(N(CCBr)CC(F)(F)F)n1. The molecule has 0 fully saturated rings. The summed E-state index contributed by atoms with van der Waals surface area (Å²) >= 11 is 3.11. The average Bonchev–Trinajstić information content (AvgIpc) is 2.15. The molecule has 0 radical (unpaired) electrons. The highest BCUT2D eigenvalue weighted by Crippen LogP contribution is 2.19. The first kappa shape index (κ1) is 13.2.